The maximum Gasteiger partial charge on any atom is 0.145 e. The third-order valence-electron chi connectivity index (χ3n) is 5.46. The van der Waals surface area contributed by atoms with Crippen molar-refractivity contribution in [2.24, 2.45) is 16.7 Å². The maximum atomic E-state index is 13.0. The lowest BCUT2D eigenvalue weighted by atomic mass is 9.74. The molecule has 0 radical (unpaired) electrons. The van der Waals surface area contributed by atoms with Gasteiger partial charge in [-0.1, -0.05) is 0 Å². The number of carbonyl (C=O) groups excluding carboxylic acids is 4. The van der Waals surface area contributed by atoms with E-state index in [0.29, 0.717) is 32.1 Å². The number of hydrogen-bond acceptors (Lipinski definition) is 4. The first-order valence-electron chi connectivity index (χ1n) is 7.78. The molecule has 116 valence electrons. The van der Waals surface area contributed by atoms with Crippen molar-refractivity contribution < 1.29 is 19.2 Å². The summed E-state index contributed by atoms with van der Waals surface area (Å²) >= 11 is 0. The van der Waals surface area contributed by atoms with Crippen LogP contribution in [0.4, 0.5) is 0 Å². The highest BCUT2D eigenvalue weighted by Crippen LogP contribution is 2.67. The minimum atomic E-state index is -0.554. The molecule has 2 aliphatic rings. The van der Waals surface area contributed by atoms with E-state index in [1.807, 2.05) is 0 Å². The average molecular weight is 292 g/mol. The van der Waals surface area contributed by atoms with E-state index in [-0.39, 0.29) is 29.1 Å². The molecule has 0 aromatic heterocycles. The van der Waals surface area contributed by atoms with Crippen LogP contribution < -0.4 is 0 Å². The monoisotopic (exact) mass is 292 g/mol. The van der Waals surface area contributed by atoms with Crippen LogP contribution in [0.2, 0.25) is 0 Å². The van der Waals surface area contributed by atoms with Gasteiger partial charge in [0.05, 0.1) is 0 Å². The van der Waals surface area contributed by atoms with E-state index in [4.69, 9.17) is 0 Å². The van der Waals surface area contributed by atoms with Crippen molar-refractivity contribution in [3.8, 4) is 0 Å². The molecule has 0 aromatic carbocycles. The van der Waals surface area contributed by atoms with E-state index in [1.165, 1.54) is 13.8 Å². The zero-order valence-corrected chi connectivity index (χ0v) is 13.2. The van der Waals surface area contributed by atoms with Gasteiger partial charge in [-0.3, -0.25) is 9.59 Å². The van der Waals surface area contributed by atoms with Gasteiger partial charge < -0.3 is 9.59 Å². The van der Waals surface area contributed by atoms with E-state index >= 15 is 0 Å². The number of ketones is 4. The second-order valence-corrected chi connectivity index (χ2v) is 7.04. The van der Waals surface area contributed by atoms with Gasteiger partial charge >= 0.3 is 0 Å². The predicted octanol–water partition coefficient (Wildman–Crippen LogP) is 2.67. The number of rotatable bonds is 7. The van der Waals surface area contributed by atoms with Gasteiger partial charge in [-0.15, -0.1) is 0 Å². The fourth-order valence-electron chi connectivity index (χ4n) is 4.02. The lowest BCUT2D eigenvalue weighted by Gasteiger charge is -2.27. The van der Waals surface area contributed by atoms with Crippen LogP contribution >= 0.6 is 0 Å². The first-order chi connectivity index (χ1) is 9.73. The van der Waals surface area contributed by atoms with E-state index in [1.54, 1.807) is 6.92 Å². The molecule has 4 heteroatoms. The predicted molar refractivity (Wildman–Crippen MR) is 77.7 cm³/mol. The van der Waals surface area contributed by atoms with Crippen LogP contribution in [0.5, 0.6) is 0 Å². The van der Waals surface area contributed by atoms with Gasteiger partial charge in [0.1, 0.15) is 23.1 Å². The number of Topliss-reactive ketones (excluding diaryl/α,β-unsaturated/α-hetero) is 4. The Kier molecular flexibility index (Phi) is 4.18. The standard InChI is InChI=1S/C17H24O4/c1-11(18)4-6-16(7-5-12(2)19)8-9-17(15(16)21)10-14(17)13(3)20/h14H,4-10H2,1-3H3. The SMILES string of the molecule is CC(=O)CCC1(CCC(C)=O)CCC2(CC2C(C)=O)C1=O. The molecule has 0 N–H and O–H groups in total. The molecule has 21 heavy (non-hydrogen) atoms. The second-order valence-electron chi connectivity index (χ2n) is 7.04. The lowest BCUT2D eigenvalue weighted by molar-refractivity contribution is -0.133. The summed E-state index contributed by atoms with van der Waals surface area (Å²) in [5.41, 5.74) is -1.01. The van der Waals surface area contributed by atoms with Crippen molar-refractivity contribution in [3.05, 3.63) is 0 Å². The summed E-state index contributed by atoms with van der Waals surface area (Å²) in [5.74, 6) is 0.270. The Hall–Kier alpha value is -1.32. The van der Waals surface area contributed by atoms with E-state index in [2.05, 4.69) is 0 Å². The molecule has 0 aromatic rings. The Morgan fingerprint density at radius 1 is 1.00 bits per heavy atom. The molecular weight excluding hydrogens is 268 g/mol. The van der Waals surface area contributed by atoms with Crippen molar-refractivity contribution in [1.82, 2.24) is 0 Å². The highest BCUT2D eigenvalue weighted by Gasteiger charge is 2.69. The van der Waals surface area contributed by atoms with Gasteiger partial charge in [-0.05, 0) is 52.9 Å². The van der Waals surface area contributed by atoms with Gasteiger partial charge in [-0.25, -0.2) is 0 Å². The summed E-state index contributed by atoms with van der Waals surface area (Å²) in [5, 5.41) is 0. The molecular formula is C17H24O4. The fourth-order valence-corrected chi connectivity index (χ4v) is 4.02. The molecule has 4 nitrogen and oxygen atoms in total. The van der Waals surface area contributed by atoms with Crippen LogP contribution in [-0.4, -0.2) is 23.1 Å². The summed E-state index contributed by atoms with van der Waals surface area (Å²) in [6.07, 6.45) is 3.95. The topological polar surface area (TPSA) is 68.3 Å². The molecule has 1 spiro atoms. The highest BCUT2D eigenvalue weighted by atomic mass is 16.1. The quantitative estimate of drug-likeness (QED) is 0.723. The van der Waals surface area contributed by atoms with Gasteiger partial charge in [0.15, 0.2) is 0 Å². The molecule has 2 atom stereocenters. The third-order valence-corrected chi connectivity index (χ3v) is 5.46. The van der Waals surface area contributed by atoms with Crippen molar-refractivity contribution in [3.63, 3.8) is 0 Å². The molecule has 2 fully saturated rings. The zero-order chi connectivity index (χ0) is 15.8. The minimum Gasteiger partial charge on any atom is -0.300 e. The molecule has 2 aliphatic carbocycles. The van der Waals surface area contributed by atoms with Crippen LogP contribution in [0.3, 0.4) is 0 Å². The zero-order valence-electron chi connectivity index (χ0n) is 13.2. The van der Waals surface area contributed by atoms with E-state index in [0.717, 1.165) is 12.8 Å². The van der Waals surface area contributed by atoms with Crippen LogP contribution in [0.15, 0.2) is 0 Å². The fraction of sp³-hybridized carbons (Fsp3) is 0.765. The molecule has 0 aliphatic heterocycles. The van der Waals surface area contributed by atoms with E-state index in [9.17, 15) is 19.2 Å². The van der Waals surface area contributed by atoms with Crippen molar-refractivity contribution in [2.45, 2.75) is 65.7 Å². The molecule has 0 saturated heterocycles. The molecule has 0 heterocycles. The largest absolute Gasteiger partial charge is 0.300 e. The Morgan fingerprint density at radius 3 is 1.90 bits per heavy atom. The average Bonchev–Trinajstić information content (AvgIpc) is 3.07. The minimum absolute atomic E-state index is 0.0739. The molecule has 0 bridgehead atoms. The van der Waals surface area contributed by atoms with Crippen molar-refractivity contribution in [1.29, 1.82) is 0 Å². The molecule has 2 unspecified atom stereocenters. The summed E-state index contributed by atoms with van der Waals surface area (Å²) in [7, 11) is 0. The first-order valence-corrected chi connectivity index (χ1v) is 7.78. The number of carbonyl (C=O) groups is 4. The Labute approximate surface area is 125 Å². The van der Waals surface area contributed by atoms with E-state index < -0.39 is 10.8 Å². The summed E-state index contributed by atoms with van der Waals surface area (Å²) in [4.78, 5) is 47.2. The third kappa shape index (κ3) is 2.85. The van der Waals surface area contributed by atoms with Gasteiger partial charge in [0.2, 0.25) is 0 Å². The maximum absolute atomic E-state index is 13.0. The Morgan fingerprint density at radius 2 is 1.52 bits per heavy atom. The first kappa shape index (κ1) is 16.1. The smallest absolute Gasteiger partial charge is 0.145 e. The molecule has 2 rings (SSSR count). The van der Waals surface area contributed by atoms with Crippen LogP contribution in [0, 0.1) is 16.7 Å². The van der Waals surface area contributed by atoms with Gasteiger partial charge in [0.25, 0.3) is 0 Å². The Bertz CT molecular complexity index is 487. The van der Waals surface area contributed by atoms with Gasteiger partial charge in [0, 0.05) is 29.6 Å². The molecule has 0 amide bonds. The van der Waals surface area contributed by atoms with Crippen LogP contribution in [0.25, 0.3) is 0 Å². The van der Waals surface area contributed by atoms with Crippen molar-refractivity contribution >= 4 is 23.1 Å². The summed E-state index contributed by atoms with van der Waals surface area (Å²) in [6.45, 7) is 4.62. The summed E-state index contributed by atoms with van der Waals surface area (Å²) in [6, 6.07) is 0. The lowest BCUT2D eigenvalue weighted by Crippen LogP contribution is -2.32. The summed E-state index contributed by atoms with van der Waals surface area (Å²) < 4.78 is 0. The van der Waals surface area contributed by atoms with Crippen LogP contribution in [0.1, 0.15) is 65.7 Å². The van der Waals surface area contributed by atoms with Crippen LogP contribution in [-0.2, 0) is 19.2 Å². The van der Waals surface area contributed by atoms with Gasteiger partial charge in [-0.2, -0.15) is 0 Å². The second kappa shape index (κ2) is 5.47. The van der Waals surface area contributed by atoms with Crippen molar-refractivity contribution in [2.75, 3.05) is 0 Å². The molecule has 2 saturated carbocycles. The number of hydrogen-bond donors (Lipinski definition) is 0. The Balaban J connectivity index is 2.17. The highest BCUT2D eigenvalue weighted by molar-refractivity contribution is 6.01. The normalized spacial score (nSPS) is 29.7.